The Morgan fingerprint density at radius 2 is 1.80 bits per heavy atom. The Hall–Kier alpha value is -2.10. The van der Waals surface area contributed by atoms with Gasteiger partial charge in [-0.3, -0.25) is 0 Å². The molecule has 0 aromatic carbocycles. The lowest BCUT2D eigenvalue weighted by molar-refractivity contribution is -0.139. The monoisotopic (exact) mass is 280 g/mol. The van der Waals surface area contributed by atoms with Crippen LogP contribution in [0.4, 0.5) is 0 Å². The number of carbonyl (C=O) groups excluding carboxylic acids is 1. The summed E-state index contributed by atoms with van der Waals surface area (Å²) in [7, 11) is 0. The number of carbonyl (C=O) groups is 2. The number of aliphatic carboxylic acids is 1. The fraction of sp³-hybridized carbons (Fsp3) is 0.375. The molecule has 0 aromatic rings. The summed E-state index contributed by atoms with van der Waals surface area (Å²) in [6.07, 6.45) is 6.72. The maximum absolute atomic E-state index is 11.3. The normalized spacial score (nSPS) is 9.80. The summed E-state index contributed by atoms with van der Waals surface area (Å²) in [6, 6.07) is 0. The molecule has 0 saturated carbocycles. The maximum Gasteiger partial charge on any atom is 0.333 e. The number of rotatable bonds is 8. The van der Waals surface area contributed by atoms with Gasteiger partial charge in [-0.25, -0.2) is 9.59 Å². The SMILES string of the molecule is C=C(CC=C(C)C(=O)O)C(=O)OCCCC.C=CC=C. The lowest BCUT2D eigenvalue weighted by Gasteiger charge is -2.04. The third-order valence-corrected chi connectivity index (χ3v) is 2.18. The van der Waals surface area contributed by atoms with Crippen molar-refractivity contribution in [3.63, 3.8) is 0 Å². The molecule has 4 nitrogen and oxygen atoms in total. The molecule has 0 aliphatic rings. The van der Waals surface area contributed by atoms with Crippen LogP contribution in [0.1, 0.15) is 33.1 Å². The number of carboxylic acids is 1. The standard InChI is InChI=1S/C12H18O4.C4H6/c1-4-5-8-16-12(15)10(3)7-6-9(2)11(13)14;1-3-4-2/h6H,3-5,7-8H2,1-2H3,(H,13,14);3-4H,1-2H2. The van der Waals surface area contributed by atoms with Crippen LogP contribution in [0.5, 0.6) is 0 Å². The van der Waals surface area contributed by atoms with Crippen molar-refractivity contribution in [1.29, 1.82) is 0 Å². The first-order chi connectivity index (χ1) is 9.40. The van der Waals surface area contributed by atoms with Gasteiger partial charge in [-0.15, -0.1) is 0 Å². The summed E-state index contributed by atoms with van der Waals surface area (Å²) in [4.78, 5) is 21.8. The molecule has 0 aromatic heterocycles. The molecule has 0 atom stereocenters. The first kappa shape index (κ1) is 20.2. The number of carboxylic acid groups (broad SMARTS) is 1. The highest BCUT2D eigenvalue weighted by atomic mass is 16.5. The smallest absolute Gasteiger partial charge is 0.333 e. The van der Waals surface area contributed by atoms with Crippen molar-refractivity contribution in [3.8, 4) is 0 Å². The Balaban J connectivity index is 0. The van der Waals surface area contributed by atoms with E-state index < -0.39 is 11.9 Å². The van der Waals surface area contributed by atoms with Crippen LogP contribution in [-0.4, -0.2) is 23.7 Å². The number of hydrogen-bond acceptors (Lipinski definition) is 3. The van der Waals surface area contributed by atoms with Crippen LogP contribution in [0.2, 0.25) is 0 Å². The molecule has 1 N–H and O–H groups in total. The molecule has 0 bridgehead atoms. The van der Waals surface area contributed by atoms with Gasteiger partial charge < -0.3 is 9.84 Å². The third-order valence-electron chi connectivity index (χ3n) is 2.18. The van der Waals surface area contributed by atoms with Crippen LogP contribution in [0, 0.1) is 0 Å². The molecule has 0 spiro atoms. The van der Waals surface area contributed by atoms with Crippen molar-refractivity contribution in [2.45, 2.75) is 33.1 Å². The van der Waals surface area contributed by atoms with E-state index in [2.05, 4.69) is 19.7 Å². The second kappa shape index (κ2) is 13.3. The largest absolute Gasteiger partial charge is 0.478 e. The minimum absolute atomic E-state index is 0.197. The predicted octanol–water partition coefficient (Wildman–Crippen LogP) is 3.67. The zero-order chi connectivity index (χ0) is 16.0. The molecule has 0 fully saturated rings. The van der Waals surface area contributed by atoms with E-state index in [9.17, 15) is 9.59 Å². The summed E-state index contributed by atoms with van der Waals surface area (Å²) in [6.45, 7) is 14.1. The molecule has 0 heterocycles. The van der Waals surface area contributed by atoms with Crippen LogP contribution in [-0.2, 0) is 14.3 Å². The molecular weight excluding hydrogens is 256 g/mol. The highest BCUT2D eigenvalue weighted by Crippen LogP contribution is 2.06. The summed E-state index contributed by atoms with van der Waals surface area (Å²) in [5.74, 6) is -1.45. The van der Waals surface area contributed by atoms with E-state index in [0.717, 1.165) is 12.8 Å². The van der Waals surface area contributed by atoms with Crippen LogP contribution in [0.25, 0.3) is 0 Å². The Kier molecular flexibility index (Phi) is 13.5. The van der Waals surface area contributed by atoms with E-state index in [0.29, 0.717) is 6.61 Å². The summed E-state index contributed by atoms with van der Waals surface area (Å²) >= 11 is 0. The van der Waals surface area contributed by atoms with Crippen molar-refractivity contribution in [3.05, 3.63) is 49.1 Å². The topological polar surface area (TPSA) is 63.6 Å². The summed E-state index contributed by atoms with van der Waals surface area (Å²) in [5.41, 5.74) is 0.471. The molecule has 0 rings (SSSR count). The van der Waals surface area contributed by atoms with Crippen LogP contribution in [0.15, 0.2) is 49.1 Å². The molecule has 4 heteroatoms. The third kappa shape index (κ3) is 12.4. The molecular formula is C16H24O4. The number of esters is 1. The van der Waals surface area contributed by atoms with E-state index >= 15 is 0 Å². The lowest BCUT2D eigenvalue weighted by Crippen LogP contribution is -2.08. The van der Waals surface area contributed by atoms with Crippen molar-refractivity contribution >= 4 is 11.9 Å². The Morgan fingerprint density at radius 3 is 2.20 bits per heavy atom. The minimum Gasteiger partial charge on any atom is -0.478 e. The minimum atomic E-state index is -0.993. The van der Waals surface area contributed by atoms with Crippen LogP contribution >= 0.6 is 0 Å². The Bertz CT molecular complexity index is 372. The number of hydrogen-bond donors (Lipinski definition) is 1. The van der Waals surface area contributed by atoms with Crippen LogP contribution in [0.3, 0.4) is 0 Å². The molecule has 0 unspecified atom stereocenters. The quantitative estimate of drug-likeness (QED) is 0.319. The van der Waals surface area contributed by atoms with Crippen molar-refractivity contribution in [1.82, 2.24) is 0 Å². The van der Waals surface area contributed by atoms with E-state index in [4.69, 9.17) is 9.84 Å². The second-order valence-corrected chi connectivity index (χ2v) is 3.96. The van der Waals surface area contributed by atoms with Crippen molar-refractivity contribution in [2.24, 2.45) is 0 Å². The lowest BCUT2D eigenvalue weighted by atomic mass is 10.1. The Labute approximate surface area is 121 Å². The molecule has 20 heavy (non-hydrogen) atoms. The van der Waals surface area contributed by atoms with Gasteiger partial charge in [0.15, 0.2) is 0 Å². The average Bonchev–Trinajstić information content (AvgIpc) is 2.44. The van der Waals surface area contributed by atoms with Gasteiger partial charge in [-0.1, -0.05) is 51.3 Å². The van der Waals surface area contributed by atoms with Crippen molar-refractivity contribution in [2.75, 3.05) is 6.61 Å². The molecule has 0 amide bonds. The maximum atomic E-state index is 11.3. The van der Waals surface area contributed by atoms with Gasteiger partial charge in [0.05, 0.1) is 6.61 Å². The fourth-order valence-electron chi connectivity index (χ4n) is 0.858. The van der Waals surface area contributed by atoms with E-state index in [-0.39, 0.29) is 17.6 Å². The molecule has 0 aliphatic heterocycles. The van der Waals surface area contributed by atoms with Gasteiger partial charge in [0.2, 0.25) is 0 Å². The molecule has 0 aliphatic carbocycles. The molecule has 0 radical (unpaired) electrons. The number of unbranched alkanes of at least 4 members (excludes halogenated alkanes) is 1. The fourth-order valence-corrected chi connectivity index (χ4v) is 0.858. The number of allylic oxidation sites excluding steroid dienone is 3. The van der Waals surface area contributed by atoms with E-state index in [1.165, 1.54) is 13.0 Å². The van der Waals surface area contributed by atoms with Crippen molar-refractivity contribution < 1.29 is 19.4 Å². The van der Waals surface area contributed by atoms with E-state index in [1.54, 1.807) is 12.2 Å². The predicted molar refractivity (Wildman–Crippen MR) is 81.4 cm³/mol. The van der Waals surface area contributed by atoms with Gasteiger partial charge in [-0.2, -0.15) is 0 Å². The highest BCUT2D eigenvalue weighted by Gasteiger charge is 2.07. The first-order valence-corrected chi connectivity index (χ1v) is 6.39. The average molecular weight is 280 g/mol. The highest BCUT2D eigenvalue weighted by molar-refractivity contribution is 5.89. The number of ether oxygens (including phenoxy) is 1. The Morgan fingerprint density at radius 1 is 1.25 bits per heavy atom. The van der Waals surface area contributed by atoms with Gasteiger partial charge in [0.1, 0.15) is 0 Å². The van der Waals surface area contributed by atoms with Gasteiger partial charge in [0.25, 0.3) is 0 Å². The molecule has 0 saturated heterocycles. The van der Waals surface area contributed by atoms with E-state index in [1.807, 2.05) is 6.92 Å². The van der Waals surface area contributed by atoms with Gasteiger partial charge in [-0.05, 0) is 19.8 Å². The zero-order valence-electron chi connectivity index (χ0n) is 12.4. The first-order valence-electron chi connectivity index (χ1n) is 6.39. The molecule has 112 valence electrons. The summed E-state index contributed by atoms with van der Waals surface area (Å²) in [5, 5.41) is 8.59. The van der Waals surface area contributed by atoms with Gasteiger partial charge in [0, 0.05) is 11.1 Å². The van der Waals surface area contributed by atoms with Crippen LogP contribution < -0.4 is 0 Å². The summed E-state index contributed by atoms with van der Waals surface area (Å²) < 4.78 is 4.92. The zero-order valence-corrected chi connectivity index (χ0v) is 12.4. The van der Waals surface area contributed by atoms with Gasteiger partial charge >= 0.3 is 11.9 Å². The second-order valence-electron chi connectivity index (χ2n) is 3.96.